The molecule has 2 heterocycles. The van der Waals surface area contributed by atoms with Crippen LogP contribution >= 0.6 is 11.8 Å². The van der Waals surface area contributed by atoms with Crippen LogP contribution in [0.1, 0.15) is 42.5 Å². The normalized spacial score (nSPS) is 18.5. The van der Waals surface area contributed by atoms with Gasteiger partial charge >= 0.3 is 0 Å². The summed E-state index contributed by atoms with van der Waals surface area (Å²) in [4.78, 5) is 6.15. The zero-order valence-corrected chi connectivity index (χ0v) is 17.0. The molecule has 4 heteroatoms. The molecule has 0 spiro atoms. The first-order chi connectivity index (χ1) is 13.2. The molecule has 0 amide bonds. The van der Waals surface area contributed by atoms with Gasteiger partial charge in [0.15, 0.2) is 0 Å². The molecule has 142 valence electrons. The fraction of sp³-hybridized carbons (Fsp3) is 0.435. The Bertz CT molecular complexity index is 806. The van der Waals surface area contributed by atoms with Gasteiger partial charge in [-0.3, -0.25) is 0 Å². The van der Waals surface area contributed by atoms with Crippen LogP contribution in [0.4, 0.5) is 0 Å². The lowest BCUT2D eigenvalue weighted by molar-refractivity contribution is 0.394. The van der Waals surface area contributed by atoms with E-state index in [4.69, 9.17) is 9.72 Å². The number of pyridine rings is 1. The standard InChI is InChI=1S/C23H28N2OS/c1-16-7-12-22(25-23(16)26-2)21(13-17-5-3-4-6-17)18-8-10-19(11-9-18)27-20-14-24-15-20/h7-13,17,20,24H,3-6,14-15H2,1-2H3. The number of thioether (sulfide) groups is 1. The smallest absolute Gasteiger partial charge is 0.216 e. The molecule has 1 aliphatic carbocycles. The molecule has 1 aromatic heterocycles. The van der Waals surface area contributed by atoms with Gasteiger partial charge in [0.05, 0.1) is 12.8 Å². The van der Waals surface area contributed by atoms with E-state index in [2.05, 4.69) is 47.8 Å². The molecule has 2 aromatic rings. The molecule has 0 atom stereocenters. The van der Waals surface area contributed by atoms with E-state index >= 15 is 0 Å². The Morgan fingerprint density at radius 2 is 1.85 bits per heavy atom. The topological polar surface area (TPSA) is 34.1 Å². The van der Waals surface area contributed by atoms with Gasteiger partial charge in [0.25, 0.3) is 0 Å². The van der Waals surface area contributed by atoms with Crippen LogP contribution in [0.25, 0.3) is 5.57 Å². The minimum absolute atomic E-state index is 0.657. The summed E-state index contributed by atoms with van der Waals surface area (Å²) in [5.74, 6) is 1.37. The van der Waals surface area contributed by atoms with Gasteiger partial charge in [-0.15, -0.1) is 11.8 Å². The molecule has 1 saturated carbocycles. The van der Waals surface area contributed by atoms with E-state index < -0.39 is 0 Å². The highest BCUT2D eigenvalue weighted by molar-refractivity contribution is 8.00. The first-order valence-corrected chi connectivity index (χ1v) is 10.8. The number of aromatic nitrogens is 1. The third-order valence-corrected chi connectivity index (χ3v) is 6.75. The maximum Gasteiger partial charge on any atom is 0.216 e. The van der Waals surface area contributed by atoms with Crippen LogP contribution in [0, 0.1) is 12.8 Å². The molecule has 2 fully saturated rings. The second kappa shape index (κ2) is 8.49. The van der Waals surface area contributed by atoms with Crippen molar-refractivity contribution in [3.05, 3.63) is 59.3 Å². The summed E-state index contributed by atoms with van der Waals surface area (Å²) in [6, 6.07) is 13.3. The lowest BCUT2D eigenvalue weighted by Crippen LogP contribution is -2.44. The predicted molar refractivity (Wildman–Crippen MR) is 114 cm³/mol. The van der Waals surface area contributed by atoms with Crippen LogP contribution in [0.5, 0.6) is 5.88 Å². The van der Waals surface area contributed by atoms with Gasteiger partial charge in [0, 0.05) is 34.4 Å². The second-order valence-electron chi connectivity index (χ2n) is 7.57. The van der Waals surface area contributed by atoms with Gasteiger partial charge in [-0.1, -0.05) is 37.1 Å². The number of nitrogens with zero attached hydrogens (tertiary/aromatic N) is 1. The van der Waals surface area contributed by atoms with Crippen LogP contribution in [-0.4, -0.2) is 30.4 Å². The monoisotopic (exact) mass is 380 g/mol. The number of hydrogen-bond acceptors (Lipinski definition) is 4. The molecule has 1 saturated heterocycles. The van der Waals surface area contributed by atoms with Crippen LogP contribution in [0.15, 0.2) is 47.4 Å². The third-order valence-electron chi connectivity index (χ3n) is 5.53. The number of aryl methyl sites for hydroxylation is 1. The Kier molecular flexibility index (Phi) is 5.84. The van der Waals surface area contributed by atoms with Crippen LogP contribution < -0.4 is 10.1 Å². The summed E-state index contributed by atoms with van der Waals surface area (Å²) in [6.45, 7) is 4.27. The molecule has 0 unspecified atom stereocenters. The highest BCUT2D eigenvalue weighted by Crippen LogP contribution is 2.34. The van der Waals surface area contributed by atoms with Gasteiger partial charge in [-0.2, -0.15) is 0 Å². The second-order valence-corrected chi connectivity index (χ2v) is 8.94. The lowest BCUT2D eigenvalue weighted by atomic mass is 9.96. The lowest BCUT2D eigenvalue weighted by Gasteiger charge is -2.26. The summed E-state index contributed by atoms with van der Waals surface area (Å²) in [5.41, 5.74) is 4.56. The maximum atomic E-state index is 5.48. The maximum absolute atomic E-state index is 5.48. The zero-order valence-electron chi connectivity index (χ0n) is 16.2. The Labute approximate surface area is 166 Å². The first kappa shape index (κ1) is 18.6. The molecule has 2 aliphatic rings. The minimum Gasteiger partial charge on any atom is -0.481 e. The number of allylic oxidation sites excluding steroid dienone is 1. The molecule has 0 radical (unpaired) electrons. The van der Waals surface area contributed by atoms with Crippen molar-refractivity contribution in [3.63, 3.8) is 0 Å². The van der Waals surface area contributed by atoms with Crippen molar-refractivity contribution in [2.24, 2.45) is 5.92 Å². The van der Waals surface area contributed by atoms with Gasteiger partial charge < -0.3 is 10.1 Å². The summed E-state index contributed by atoms with van der Waals surface area (Å²) in [5, 5.41) is 4.05. The van der Waals surface area contributed by atoms with E-state index in [-0.39, 0.29) is 0 Å². The van der Waals surface area contributed by atoms with E-state index in [0.717, 1.165) is 30.2 Å². The van der Waals surface area contributed by atoms with Crippen molar-refractivity contribution in [1.29, 1.82) is 0 Å². The Morgan fingerprint density at radius 1 is 1.11 bits per heavy atom. The van der Waals surface area contributed by atoms with Gasteiger partial charge in [-0.05, 0) is 49.4 Å². The Hall–Kier alpha value is -1.78. The van der Waals surface area contributed by atoms with Crippen molar-refractivity contribution in [2.45, 2.75) is 42.8 Å². The van der Waals surface area contributed by atoms with E-state index in [9.17, 15) is 0 Å². The average molecular weight is 381 g/mol. The number of hydrogen-bond donors (Lipinski definition) is 1. The third kappa shape index (κ3) is 4.39. The predicted octanol–water partition coefficient (Wildman–Crippen LogP) is 5.08. The SMILES string of the molecule is COc1nc(C(=CC2CCCC2)c2ccc(SC3CNC3)cc2)ccc1C. The van der Waals surface area contributed by atoms with Crippen LogP contribution in [0.3, 0.4) is 0 Å². The molecule has 1 N–H and O–H groups in total. The van der Waals surface area contributed by atoms with Crippen molar-refractivity contribution in [1.82, 2.24) is 10.3 Å². The molecule has 1 aromatic carbocycles. The number of benzene rings is 1. The zero-order chi connectivity index (χ0) is 18.6. The number of nitrogens with one attached hydrogen (secondary N) is 1. The van der Waals surface area contributed by atoms with E-state index in [0.29, 0.717) is 11.2 Å². The van der Waals surface area contributed by atoms with Crippen molar-refractivity contribution in [2.75, 3.05) is 20.2 Å². The molecule has 3 nitrogen and oxygen atoms in total. The van der Waals surface area contributed by atoms with Crippen LogP contribution in [-0.2, 0) is 0 Å². The number of rotatable bonds is 6. The number of methoxy groups -OCH3 is 1. The highest BCUT2D eigenvalue weighted by atomic mass is 32.2. The molecular weight excluding hydrogens is 352 g/mol. The minimum atomic E-state index is 0.657. The van der Waals surface area contributed by atoms with Gasteiger partial charge in [-0.25, -0.2) is 4.98 Å². The van der Waals surface area contributed by atoms with Gasteiger partial charge in [0.2, 0.25) is 5.88 Å². The molecule has 1 aliphatic heterocycles. The van der Waals surface area contributed by atoms with Crippen molar-refractivity contribution in [3.8, 4) is 5.88 Å². The quantitative estimate of drug-likeness (QED) is 0.757. The molecule has 4 rings (SSSR count). The van der Waals surface area contributed by atoms with Crippen molar-refractivity contribution >= 4 is 17.3 Å². The first-order valence-electron chi connectivity index (χ1n) is 9.94. The van der Waals surface area contributed by atoms with Gasteiger partial charge in [0.1, 0.15) is 0 Å². The summed E-state index contributed by atoms with van der Waals surface area (Å²) in [6.07, 6.45) is 7.69. The largest absolute Gasteiger partial charge is 0.481 e. The average Bonchev–Trinajstić information content (AvgIpc) is 3.17. The summed E-state index contributed by atoms with van der Waals surface area (Å²) >= 11 is 1.97. The summed E-state index contributed by atoms with van der Waals surface area (Å²) in [7, 11) is 1.70. The summed E-state index contributed by atoms with van der Waals surface area (Å²) < 4.78 is 5.48. The number of ether oxygens (including phenoxy) is 1. The van der Waals surface area contributed by atoms with Crippen LogP contribution in [0.2, 0.25) is 0 Å². The van der Waals surface area contributed by atoms with Crippen molar-refractivity contribution < 1.29 is 4.74 Å². The molecule has 0 bridgehead atoms. The Balaban J connectivity index is 1.65. The molecular formula is C23H28N2OS. The highest BCUT2D eigenvalue weighted by Gasteiger charge is 2.19. The fourth-order valence-electron chi connectivity index (χ4n) is 3.81. The molecule has 27 heavy (non-hydrogen) atoms. The van der Waals surface area contributed by atoms with E-state index in [1.165, 1.54) is 41.7 Å². The van der Waals surface area contributed by atoms with E-state index in [1.807, 2.05) is 18.7 Å². The fourth-order valence-corrected chi connectivity index (χ4v) is 4.89. The van der Waals surface area contributed by atoms with E-state index in [1.54, 1.807) is 7.11 Å². The Morgan fingerprint density at radius 3 is 2.48 bits per heavy atom.